The van der Waals surface area contributed by atoms with E-state index in [-0.39, 0.29) is 0 Å². The van der Waals surface area contributed by atoms with Crippen molar-refractivity contribution in [2.75, 3.05) is 18.1 Å². The van der Waals surface area contributed by atoms with Crippen molar-refractivity contribution >= 4 is 11.8 Å². The van der Waals surface area contributed by atoms with E-state index in [2.05, 4.69) is 20.8 Å². The van der Waals surface area contributed by atoms with Gasteiger partial charge in [-0.1, -0.05) is 6.92 Å². The van der Waals surface area contributed by atoms with Crippen molar-refractivity contribution in [3.05, 3.63) is 11.8 Å². The fraction of sp³-hybridized carbons (Fsp3) is 0.800. The zero-order valence-corrected chi connectivity index (χ0v) is 9.04. The molecule has 1 saturated heterocycles. The molecule has 0 aromatic carbocycles. The highest BCUT2D eigenvalue weighted by Gasteiger charge is 2.36. The van der Waals surface area contributed by atoms with Gasteiger partial charge >= 0.3 is 0 Å². The molecule has 0 aliphatic carbocycles. The summed E-state index contributed by atoms with van der Waals surface area (Å²) in [6.45, 7) is 7.29. The van der Waals surface area contributed by atoms with Crippen LogP contribution in [0.5, 0.6) is 0 Å². The summed E-state index contributed by atoms with van der Waals surface area (Å²) < 4.78 is 5.52. The van der Waals surface area contributed by atoms with E-state index in [1.165, 1.54) is 23.5 Å². The van der Waals surface area contributed by atoms with Crippen LogP contribution in [0.3, 0.4) is 0 Å². The summed E-state index contributed by atoms with van der Waals surface area (Å²) in [7, 11) is 0. The molecular formula is C10H18OS. The van der Waals surface area contributed by atoms with Crippen molar-refractivity contribution in [2.45, 2.75) is 27.2 Å². The Morgan fingerprint density at radius 1 is 1.50 bits per heavy atom. The molecule has 12 heavy (non-hydrogen) atoms. The molecule has 0 atom stereocenters. The van der Waals surface area contributed by atoms with Crippen molar-refractivity contribution < 1.29 is 4.74 Å². The molecule has 0 N–H and O–H groups in total. The molecule has 2 heteroatoms. The van der Waals surface area contributed by atoms with Crippen LogP contribution in [-0.4, -0.2) is 18.1 Å². The number of hydrogen-bond acceptors (Lipinski definition) is 2. The van der Waals surface area contributed by atoms with Crippen LogP contribution in [0, 0.1) is 5.41 Å². The first-order valence-corrected chi connectivity index (χ1v) is 5.67. The normalized spacial score (nSPS) is 19.6. The molecule has 1 aliphatic rings. The Kier molecular flexibility index (Phi) is 3.51. The average Bonchev–Trinajstić information content (AvgIpc) is 1.94. The lowest BCUT2D eigenvalue weighted by Crippen LogP contribution is -2.39. The molecule has 0 aromatic heterocycles. The molecule has 70 valence electrons. The van der Waals surface area contributed by atoms with E-state index in [0.717, 1.165) is 6.61 Å². The Morgan fingerprint density at radius 2 is 2.17 bits per heavy atom. The summed E-state index contributed by atoms with van der Waals surface area (Å²) >= 11 is 2.03. The second kappa shape index (κ2) is 4.22. The number of hydrogen-bond donors (Lipinski definition) is 0. The highest BCUT2D eigenvalue weighted by atomic mass is 32.2. The maximum absolute atomic E-state index is 5.52. The van der Waals surface area contributed by atoms with Gasteiger partial charge in [0.1, 0.15) is 0 Å². The summed E-state index contributed by atoms with van der Waals surface area (Å²) in [6, 6.07) is 0. The van der Waals surface area contributed by atoms with E-state index in [1.807, 2.05) is 18.0 Å². The van der Waals surface area contributed by atoms with Gasteiger partial charge in [-0.3, -0.25) is 0 Å². The average molecular weight is 186 g/mol. The minimum atomic E-state index is 0.497. The lowest BCUT2D eigenvalue weighted by Gasteiger charge is -2.39. The first kappa shape index (κ1) is 9.97. The van der Waals surface area contributed by atoms with Crippen molar-refractivity contribution in [1.29, 1.82) is 0 Å². The molecule has 0 aromatic rings. The van der Waals surface area contributed by atoms with Crippen LogP contribution in [-0.2, 0) is 4.74 Å². The van der Waals surface area contributed by atoms with E-state index in [9.17, 15) is 0 Å². The molecule has 1 fully saturated rings. The lowest BCUT2D eigenvalue weighted by molar-refractivity contribution is 0.131. The maximum Gasteiger partial charge on any atom is 0.0945 e. The predicted molar refractivity (Wildman–Crippen MR) is 55.4 cm³/mol. The summed E-state index contributed by atoms with van der Waals surface area (Å²) in [5.41, 5.74) is 1.74. The Morgan fingerprint density at radius 3 is 2.50 bits per heavy atom. The van der Waals surface area contributed by atoms with Crippen molar-refractivity contribution in [3.63, 3.8) is 0 Å². The van der Waals surface area contributed by atoms with E-state index >= 15 is 0 Å². The second-order valence-corrected chi connectivity index (χ2v) is 4.84. The van der Waals surface area contributed by atoms with Crippen LogP contribution in [0.2, 0.25) is 0 Å². The Bertz CT molecular complexity index is 161. The predicted octanol–water partition coefficient (Wildman–Crippen LogP) is 3.07. The van der Waals surface area contributed by atoms with E-state index in [4.69, 9.17) is 4.74 Å². The van der Waals surface area contributed by atoms with E-state index in [1.54, 1.807) is 0 Å². The van der Waals surface area contributed by atoms with Gasteiger partial charge in [0.15, 0.2) is 0 Å². The molecule has 0 spiro atoms. The molecule has 0 unspecified atom stereocenters. The number of rotatable bonds is 4. The minimum Gasteiger partial charge on any atom is -0.501 e. The Labute approximate surface area is 79.6 Å². The molecule has 0 bridgehead atoms. The molecule has 0 amide bonds. The van der Waals surface area contributed by atoms with Gasteiger partial charge in [-0.15, -0.1) is 0 Å². The molecule has 1 rings (SSSR count). The quantitative estimate of drug-likeness (QED) is 0.624. The van der Waals surface area contributed by atoms with Crippen LogP contribution >= 0.6 is 11.8 Å². The van der Waals surface area contributed by atoms with Gasteiger partial charge in [0.2, 0.25) is 0 Å². The molecular weight excluding hydrogens is 168 g/mol. The SMILES string of the molecule is CCC1(COC=C(C)C)CSC1. The largest absolute Gasteiger partial charge is 0.501 e. The highest BCUT2D eigenvalue weighted by molar-refractivity contribution is 8.00. The van der Waals surface area contributed by atoms with Crippen LogP contribution < -0.4 is 0 Å². The lowest BCUT2D eigenvalue weighted by atomic mass is 9.90. The van der Waals surface area contributed by atoms with Gasteiger partial charge in [0.05, 0.1) is 12.9 Å². The third-order valence-electron chi connectivity index (χ3n) is 2.28. The molecule has 0 saturated carbocycles. The zero-order chi connectivity index (χ0) is 9.03. The fourth-order valence-electron chi connectivity index (χ4n) is 1.17. The Balaban J connectivity index is 2.25. The fourth-order valence-corrected chi connectivity index (χ4v) is 2.52. The van der Waals surface area contributed by atoms with E-state index in [0.29, 0.717) is 5.41 Å². The van der Waals surface area contributed by atoms with Crippen LogP contribution in [0.15, 0.2) is 11.8 Å². The maximum atomic E-state index is 5.52. The van der Waals surface area contributed by atoms with Crippen LogP contribution in [0.1, 0.15) is 27.2 Å². The smallest absolute Gasteiger partial charge is 0.0945 e. The highest BCUT2D eigenvalue weighted by Crippen LogP contribution is 2.40. The van der Waals surface area contributed by atoms with Crippen molar-refractivity contribution in [3.8, 4) is 0 Å². The number of ether oxygens (including phenoxy) is 1. The zero-order valence-electron chi connectivity index (χ0n) is 8.22. The third kappa shape index (κ3) is 2.44. The second-order valence-electron chi connectivity index (χ2n) is 3.85. The monoisotopic (exact) mass is 186 g/mol. The first-order valence-electron chi connectivity index (χ1n) is 4.51. The standard InChI is InChI=1S/C10H18OS/c1-4-10(7-12-8-10)6-11-5-9(2)3/h5H,4,6-8H2,1-3H3. The van der Waals surface area contributed by atoms with Crippen molar-refractivity contribution in [1.82, 2.24) is 0 Å². The Hall–Kier alpha value is -0.110. The molecule has 0 radical (unpaired) electrons. The van der Waals surface area contributed by atoms with Crippen molar-refractivity contribution in [2.24, 2.45) is 5.41 Å². The van der Waals surface area contributed by atoms with Crippen LogP contribution in [0.25, 0.3) is 0 Å². The van der Waals surface area contributed by atoms with Crippen LogP contribution in [0.4, 0.5) is 0 Å². The minimum absolute atomic E-state index is 0.497. The number of allylic oxidation sites excluding steroid dienone is 1. The van der Waals surface area contributed by atoms with Gasteiger partial charge in [0, 0.05) is 16.9 Å². The molecule has 1 aliphatic heterocycles. The summed E-state index contributed by atoms with van der Waals surface area (Å²) in [5, 5.41) is 0. The molecule has 1 nitrogen and oxygen atoms in total. The van der Waals surface area contributed by atoms with Gasteiger partial charge in [-0.2, -0.15) is 11.8 Å². The third-order valence-corrected chi connectivity index (χ3v) is 3.91. The van der Waals surface area contributed by atoms with E-state index < -0.39 is 0 Å². The number of thioether (sulfide) groups is 1. The van der Waals surface area contributed by atoms with Gasteiger partial charge in [-0.05, 0) is 25.8 Å². The summed E-state index contributed by atoms with van der Waals surface area (Å²) in [6.07, 6.45) is 3.12. The van der Waals surface area contributed by atoms with Gasteiger partial charge in [0.25, 0.3) is 0 Å². The summed E-state index contributed by atoms with van der Waals surface area (Å²) in [5.74, 6) is 2.56. The van der Waals surface area contributed by atoms with Gasteiger partial charge in [-0.25, -0.2) is 0 Å². The summed E-state index contributed by atoms with van der Waals surface area (Å²) in [4.78, 5) is 0. The van der Waals surface area contributed by atoms with Gasteiger partial charge < -0.3 is 4.74 Å². The first-order chi connectivity index (χ1) is 5.68. The topological polar surface area (TPSA) is 9.23 Å². The molecule has 1 heterocycles.